The molecule has 0 aromatic rings. The van der Waals surface area contributed by atoms with Crippen LogP contribution in [0.4, 0.5) is 0 Å². The maximum Gasteiger partial charge on any atom is 0.305 e. The van der Waals surface area contributed by atoms with Crippen LogP contribution in [-0.2, 0) is 14.4 Å². The maximum absolute atomic E-state index is 10.7. The fourth-order valence-corrected chi connectivity index (χ4v) is 0.713. The van der Waals surface area contributed by atoms with Crippen LogP contribution in [0, 0.1) is 0 Å². The lowest BCUT2D eigenvalue weighted by atomic mass is 10.2. The monoisotopic (exact) mass is 189 g/mol. The van der Waals surface area contributed by atoms with Gasteiger partial charge in [-0.15, -0.1) is 0 Å². The van der Waals surface area contributed by atoms with E-state index in [1.54, 1.807) is 0 Å². The van der Waals surface area contributed by atoms with Crippen LogP contribution < -0.4 is 5.48 Å². The third kappa shape index (κ3) is 6.12. The number of hydrogen-bond acceptors (Lipinski definition) is 5. The minimum absolute atomic E-state index is 0.155. The predicted octanol–water partition coefficient (Wildman–Crippen LogP) is -0.0348. The third-order valence-corrected chi connectivity index (χ3v) is 1.42. The van der Waals surface area contributed by atoms with Crippen LogP contribution in [0.5, 0.6) is 0 Å². The van der Waals surface area contributed by atoms with E-state index in [1.807, 2.05) is 0 Å². The Bertz CT molecular complexity index is 160. The van der Waals surface area contributed by atoms with E-state index in [4.69, 9.17) is 9.94 Å². The number of esters is 1. The van der Waals surface area contributed by atoms with Crippen molar-refractivity contribution < 1.29 is 19.5 Å². The van der Waals surface area contributed by atoms with E-state index in [-0.39, 0.29) is 19.0 Å². The molecule has 0 aliphatic rings. The second kappa shape index (κ2) is 7.57. The molecule has 0 rings (SSSR count). The van der Waals surface area contributed by atoms with Crippen LogP contribution in [0.15, 0.2) is 12.8 Å². The minimum Gasteiger partial charge on any atom is -0.469 e. The van der Waals surface area contributed by atoms with Crippen molar-refractivity contribution in [1.29, 1.82) is 0 Å². The molecule has 0 aliphatic carbocycles. The molecule has 0 spiro atoms. The van der Waals surface area contributed by atoms with E-state index in [1.165, 1.54) is 13.3 Å². The molecule has 76 valence electrons. The van der Waals surface area contributed by atoms with Gasteiger partial charge in [0.2, 0.25) is 0 Å². The number of carbonyl (C=O) groups excluding carboxylic acids is 1. The fourth-order valence-electron chi connectivity index (χ4n) is 0.713. The van der Waals surface area contributed by atoms with E-state index < -0.39 is 6.10 Å². The van der Waals surface area contributed by atoms with Crippen LogP contribution in [0.3, 0.4) is 0 Å². The molecule has 0 amide bonds. The number of methoxy groups -OCH3 is 1. The number of carbonyl (C=O) groups is 1. The molecule has 0 saturated carbocycles. The summed E-state index contributed by atoms with van der Waals surface area (Å²) in [7, 11) is 1.32. The van der Waals surface area contributed by atoms with E-state index >= 15 is 0 Å². The van der Waals surface area contributed by atoms with Gasteiger partial charge in [-0.3, -0.25) is 15.1 Å². The van der Waals surface area contributed by atoms with Crippen molar-refractivity contribution in [2.45, 2.75) is 18.9 Å². The smallest absolute Gasteiger partial charge is 0.305 e. The van der Waals surface area contributed by atoms with Gasteiger partial charge in [0.1, 0.15) is 6.10 Å². The van der Waals surface area contributed by atoms with Crippen molar-refractivity contribution in [2.24, 2.45) is 0 Å². The summed E-state index contributed by atoms with van der Waals surface area (Å²) in [5.41, 5.74) is 2.39. The first-order chi connectivity index (χ1) is 6.24. The Hall–Kier alpha value is -1.07. The van der Waals surface area contributed by atoms with Crippen molar-refractivity contribution in [1.82, 2.24) is 5.48 Å². The van der Waals surface area contributed by atoms with Gasteiger partial charge < -0.3 is 9.84 Å². The van der Waals surface area contributed by atoms with Gasteiger partial charge in [-0.1, -0.05) is 6.58 Å². The third-order valence-electron chi connectivity index (χ3n) is 1.42. The fraction of sp³-hybridized carbons (Fsp3) is 0.625. The van der Waals surface area contributed by atoms with Crippen molar-refractivity contribution in [3.05, 3.63) is 12.8 Å². The van der Waals surface area contributed by atoms with Crippen molar-refractivity contribution >= 4 is 5.97 Å². The van der Waals surface area contributed by atoms with Gasteiger partial charge >= 0.3 is 5.97 Å². The van der Waals surface area contributed by atoms with Gasteiger partial charge in [0.15, 0.2) is 0 Å². The maximum atomic E-state index is 10.7. The Labute approximate surface area is 77.3 Å². The van der Waals surface area contributed by atoms with Crippen molar-refractivity contribution in [2.75, 3.05) is 13.7 Å². The van der Waals surface area contributed by atoms with E-state index in [0.717, 1.165) is 0 Å². The highest BCUT2D eigenvalue weighted by Gasteiger charge is 2.10. The summed E-state index contributed by atoms with van der Waals surface area (Å²) in [6.45, 7) is 3.21. The zero-order chi connectivity index (χ0) is 10.1. The molecule has 0 radical (unpaired) electrons. The SMILES string of the molecule is C=CNOC(CO)CCC(=O)OC. The molecule has 0 fully saturated rings. The molecular weight excluding hydrogens is 174 g/mol. The van der Waals surface area contributed by atoms with E-state index in [0.29, 0.717) is 6.42 Å². The first kappa shape index (κ1) is 11.9. The van der Waals surface area contributed by atoms with Gasteiger partial charge in [-0.25, -0.2) is 0 Å². The summed E-state index contributed by atoms with van der Waals surface area (Å²) in [5.74, 6) is -0.319. The van der Waals surface area contributed by atoms with Crippen LogP contribution >= 0.6 is 0 Å². The Morgan fingerprint density at radius 3 is 2.92 bits per heavy atom. The lowest BCUT2D eigenvalue weighted by Gasteiger charge is -2.12. The summed E-state index contributed by atoms with van der Waals surface area (Å²) in [6.07, 6.45) is 1.56. The summed E-state index contributed by atoms with van der Waals surface area (Å²) in [6, 6.07) is 0. The van der Waals surface area contributed by atoms with Gasteiger partial charge in [0.05, 0.1) is 13.7 Å². The average molecular weight is 189 g/mol. The lowest BCUT2D eigenvalue weighted by molar-refractivity contribution is -0.142. The Morgan fingerprint density at radius 2 is 2.46 bits per heavy atom. The summed E-state index contributed by atoms with van der Waals surface area (Å²) >= 11 is 0. The number of hydrogen-bond donors (Lipinski definition) is 2. The molecule has 0 aliphatic heterocycles. The molecule has 0 aromatic heterocycles. The van der Waals surface area contributed by atoms with E-state index in [9.17, 15) is 4.79 Å². The number of ether oxygens (including phenoxy) is 1. The highest BCUT2D eigenvalue weighted by molar-refractivity contribution is 5.69. The lowest BCUT2D eigenvalue weighted by Crippen LogP contribution is -2.24. The first-order valence-electron chi connectivity index (χ1n) is 3.94. The minimum atomic E-state index is -0.419. The predicted molar refractivity (Wildman–Crippen MR) is 46.5 cm³/mol. The molecule has 1 atom stereocenters. The second-order valence-electron chi connectivity index (χ2n) is 2.36. The number of hydroxylamine groups is 1. The molecular formula is C8H15NO4. The quantitative estimate of drug-likeness (QED) is 0.434. The highest BCUT2D eigenvalue weighted by atomic mass is 16.7. The molecule has 5 heteroatoms. The molecule has 13 heavy (non-hydrogen) atoms. The number of aliphatic hydroxyl groups is 1. The van der Waals surface area contributed by atoms with Gasteiger partial charge in [0, 0.05) is 12.6 Å². The number of nitrogens with one attached hydrogen (secondary N) is 1. The van der Waals surface area contributed by atoms with Crippen LogP contribution in [0.2, 0.25) is 0 Å². The molecule has 0 aromatic carbocycles. The van der Waals surface area contributed by atoms with Crippen LogP contribution in [0.1, 0.15) is 12.8 Å². The molecule has 5 nitrogen and oxygen atoms in total. The standard InChI is InChI=1S/C8H15NO4/c1-3-9-13-7(6-10)4-5-8(11)12-2/h3,7,9-10H,1,4-6H2,2H3. The number of rotatable bonds is 7. The van der Waals surface area contributed by atoms with Crippen LogP contribution in [0.25, 0.3) is 0 Å². The Morgan fingerprint density at radius 1 is 1.77 bits per heavy atom. The zero-order valence-corrected chi connectivity index (χ0v) is 7.66. The Kier molecular flexibility index (Phi) is 6.95. The first-order valence-corrected chi connectivity index (χ1v) is 3.94. The van der Waals surface area contributed by atoms with Gasteiger partial charge in [-0.05, 0) is 6.42 Å². The average Bonchev–Trinajstić information content (AvgIpc) is 2.17. The largest absolute Gasteiger partial charge is 0.469 e. The number of aliphatic hydroxyl groups excluding tert-OH is 1. The second-order valence-corrected chi connectivity index (χ2v) is 2.36. The summed E-state index contributed by atoms with van der Waals surface area (Å²) in [5, 5.41) is 8.79. The summed E-state index contributed by atoms with van der Waals surface area (Å²) in [4.78, 5) is 15.6. The van der Waals surface area contributed by atoms with Gasteiger partial charge in [0.25, 0.3) is 0 Å². The van der Waals surface area contributed by atoms with E-state index in [2.05, 4.69) is 16.8 Å². The Balaban J connectivity index is 3.58. The highest BCUT2D eigenvalue weighted by Crippen LogP contribution is 2.01. The topological polar surface area (TPSA) is 67.8 Å². The molecule has 0 heterocycles. The normalized spacial score (nSPS) is 11.8. The molecule has 1 unspecified atom stereocenters. The summed E-state index contributed by atoms with van der Waals surface area (Å²) < 4.78 is 4.43. The zero-order valence-electron chi connectivity index (χ0n) is 7.66. The molecule has 0 bridgehead atoms. The van der Waals surface area contributed by atoms with Crippen molar-refractivity contribution in [3.63, 3.8) is 0 Å². The molecule has 2 N–H and O–H groups in total. The van der Waals surface area contributed by atoms with Crippen LogP contribution in [-0.4, -0.2) is 30.9 Å². The molecule has 0 saturated heterocycles. The van der Waals surface area contributed by atoms with Crippen molar-refractivity contribution in [3.8, 4) is 0 Å². The van der Waals surface area contributed by atoms with Gasteiger partial charge in [-0.2, -0.15) is 0 Å².